The molecule has 1 amide bonds. The summed E-state index contributed by atoms with van der Waals surface area (Å²) in [7, 11) is 0. The van der Waals surface area contributed by atoms with E-state index < -0.39 is 11.4 Å². The van der Waals surface area contributed by atoms with Gasteiger partial charge in [0, 0.05) is 11.1 Å². The lowest BCUT2D eigenvalue weighted by molar-refractivity contribution is -0.115. The first-order chi connectivity index (χ1) is 18.9. The number of aromatic nitrogens is 4. The number of amides is 1. The SMILES string of the molecule is CC1(C)Oc2c(NC(=O)Cc3ccccc3F)cc(-c3ccccc3-c3nn[nH]n3)cc2C1c1ccccc1. The molecule has 0 aliphatic carbocycles. The largest absolute Gasteiger partial charge is 0.484 e. The van der Waals surface area contributed by atoms with Crippen LogP contribution in [-0.4, -0.2) is 32.1 Å². The minimum Gasteiger partial charge on any atom is -0.484 e. The van der Waals surface area contributed by atoms with Crippen LogP contribution in [0.25, 0.3) is 22.5 Å². The second-order valence-corrected chi connectivity index (χ2v) is 10.1. The molecule has 0 bridgehead atoms. The van der Waals surface area contributed by atoms with Gasteiger partial charge in [-0.2, -0.15) is 5.21 Å². The number of carbonyl (C=O) groups is 1. The summed E-state index contributed by atoms with van der Waals surface area (Å²) < 4.78 is 20.8. The number of nitrogens with zero attached hydrogens (tertiary/aromatic N) is 3. The Kier molecular flexibility index (Phi) is 6.15. The van der Waals surface area contributed by atoms with Crippen LogP contribution in [0.2, 0.25) is 0 Å². The number of benzene rings is 4. The second-order valence-electron chi connectivity index (χ2n) is 10.1. The van der Waals surface area contributed by atoms with Crippen molar-refractivity contribution in [1.82, 2.24) is 20.6 Å². The molecule has 194 valence electrons. The number of tetrazole rings is 1. The van der Waals surface area contributed by atoms with Gasteiger partial charge in [0.05, 0.1) is 18.0 Å². The predicted molar refractivity (Wildman–Crippen MR) is 147 cm³/mol. The molecule has 0 saturated heterocycles. The van der Waals surface area contributed by atoms with Crippen molar-refractivity contribution >= 4 is 11.6 Å². The molecule has 1 aliphatic heterocycles. The van der Waals surface area contributed by atoms with Crippen LogP contribution in [0.5, 0.6) is 5.75 Å². The molecule has 0 saturated carbocycles. The molecule has 1 unspecified atom stereocenters. The van der Waals surface area contributed by atoms with Crippen molar-refractivity contribution < 1.29 is 13.9 Å². The quantitative estimate of drug-likeness (QED) is 0.280. The highest BCUT2D eigenvalue weighted by atomic mass is 19.1. The first-order valence-corrected chi connectivity index (χ1v) is 12.7. The van der Waals surface area contributed by atoms with Crippen LogP contribution in [0.4, 0.5) is 10.1 Å². The first-order valence-electron chi connectivity index (χ1n) is 12.7. The van der Waals surface area contributed by atoms with Crippen LogP contribution in [0, 0.1) is 5.82 Å². The van der Waals surface area contributed by atoms with Crippen LogP contribution in [-0.2, 0) is 11.2 Å². The van der Waals surface area contributed by atoms with Crippen LogP contribution < -0.4 is 10.1 Å². The number of anilines is 1. The lowest BCUT2D eigenvalue weighted by Crippen LogP contribution is -2.31. The van der Waals surface area contributed by atoms with E-state index in [1.807, 2.05) is 62.4 Å². The van der Waals surface area contributed by atoms with Gasteiger partial charge in [0.25, 0.3) is 0 Å². The Balaban J connectivity index is 1.49. The Morgan fingerprint density at radius 1 is 0.974 bits per heavy atom. The van der Waals surface area contributed by atoms with E-state index in [4.69, 9.17) is 4.74 Å². The molecule has 2 heterocycles. The van der Waals surface area contributed by atoms with E-state index in [1.165, 1.54) is 6.07 Å². The first kappa shape index (κ1) is 24.5. The van der Waals surface area contributed by atoms with E-state index in [0.29, 0.717) is 22.8 Å². The summed E-state index contributed by atoms with van der Waals surface area (Å²) in [5.74, 6) is 0.231. The zero-order valence-corrected chi connectivity index (χ0v) is 21.5. The number of H-pyrrole nitrogens is 1. The van der Waals surface area contributed by atoms with Gasteiger partial charge < -0.3 is 10.1 Å². The molecule has 0 radical (unpaired) electrons. The highest BCUT2D eigenvalue weighted by molar-refractivity contribution is 5.96. The number of rotatable bonds is 6. The van der Waals surface area contributed by atoms with Crippen molar-refractivity contribution in [2.75, 3.05) is 5.32 Å². The molecule has 0 spiro atoms. The van der Waals surface area contributed by atoms with Gasteiger partial charge >= 0.3 is 0 Å². The molecular formula is C31H26FN5O2. The highest BCUT2D eigenvalue weighted by Crippen LogP contribution is 2.53. The maximum absolute atomic E-state index is 14.3. The van der Waals surface area contributed by atoms with Gasteiger partial charge in [-0.3, -0.25) is 4.79 Å². The number of aromatic amines is 1. The number of carbonyl (C=O) groups excluding carboxylic acids is 1. The zero-order valence-electron chi connectivity index (χ0n) is 21.5. The molecule has 4 aromatic carbocycles. The van der Waals surface area contributed by atoms with E-state index in [2.05, 4.69) is 44.1 Å². The molecule has 0 fully saturated rings. The van der Waals surface area contributed by atoms with Crippen molar-refractivity contribution in [1.29, 1.82) is 0 Å². The highest BCUT2D eigenvalue weighted by Gasteiger charge is 2.43. The van der Waals surface area contributed by atoms with Crippen molar-refractivity contribution in [3.05, 3.63) is 114 Å². The number of fused-ring (bicyclic) bond motifs is 1. The Morgan fingerprint density at radius 2 is 1.69 bits per heavy atom. The standard InChI is InChI=1S/C31H26FN5O2/c1-31(2)28(19-10-4-3-5-11-19)24-16-21(22-13-7-8-14-23(22)30-34-36-37-35-30)17-26(29(24)39-31)33-27(38)18-20-12-6-9-15-25(20)32/h3-17,28H,18H2,1-2H3,(H,33,38)(H,34,35,36,37). The van der Waals surface area contributed by atoms with Gasteiger partial charge in [0.1, 0.15) is 17.2 Å². The van der Waals surface area contributed by atoms with Gasteiger partial charge in [-0.1, -0.05) is 72.8 Å². The third kappa shape index (κ3) is 4.65. The van der Waals surface area contributed by atoms with Crippen molar-refractivity contribution in [2.45, 2.75) is 31.8 Å². The van der Waals surface area contributed by atoms with Gasteiger partial charge in [-0.25, -0.2) is 4.39 Å². The van der Waals surface area contributed by atoms with E-state index in [-0.39, 0.29) is 18.2 Å². The minimum absolute atomic E-state index is 0.0896. The fraction of sp³-hybridized carbons (Fsp3) is 0.161. The molecule has 1 aromatic heterocycles. The Morgan fingerprint density at radius 3 is 2.44 bits per heavy atom. The Hall–Kier alpha value is -4.85. The number of hydrogen-bond donors (Lipinski definition) is 2. The summed E-state index contributed by atoms with van der Waals surface area (Å²) in [5.41, 5.74) is 4.86. The van der Waals surface area contributed by atoms with Crippen molar-refractivity contribution in [3.63, 3.8) is 0 Å². The minimum atomic E-state index is -0.583. The zero-order chi connectivity index (χ0) is 27.0. The lowest BCUT2D eigenvalue weighted by atomic mass is 9.80. The molecule has 1 atom stereocenters. The third-order valence-electron chi connectivity index (χ3n) is 7.03. The van der Waals surface area contributed by atoms with Crippen molar-refractivity contribution in [3.8, 4) is 28.3 Å². The Labute approximate surface area is 225 Å². The van der Waals surface area contributed by atoms with Crippen molar-refractivity contribution in [2.24, 2.45) is 0 Å². The summed E-state index contributed by atoms with van der Waals surface area (Å²) in [5, 5.41) is 17.6. The van der Waals surface area contributed by atoms with Crippen LogP contribution >= 0.6 is 0 Å². The smallest absolute Gasteiger partial charge is 0.229 e. The number of nitrogens with one attached hydrogen (secondary N) is 2. The van der Waals surface area contributed by atoms with E-state index in [9.17, 15) is 9.18 Å². The van der Waals surface area contributed by atoms with Gasteiger partial charge in [-0.05, 0) is 59.5 Å². The predicted octanol–water partition coefficient (Wildman–Crippen LogP) is 6.16. The van der Waals surface area contributed by atoms with Crippen LogP contribution in [0.3, 0.4) is 0 Å². The second kappa shape index (κ2) is 9.79. The molecule has 8 heteroatoms. The molecule has 39 heavy (non-hydrogen) atoms. The maximum Gasteiger partial charge on any atom is 0.229 e. The third-order valence-corrected chi connectivity index (χ3v) is 7.03. The fourth-order valence-corrected chi connectivity index (χ4v) is 5.37. The molecule has 2 N–H and O–H groups in total. The van der Waals surface area contributed by atoms with E-state index in [0.717, 1.165) is 27.8 Å². The summed E-state index contributed by atoms with van der Waals surface area (Å²) in [6.07, 6.45) is -0.101. The number of hydrogen-bond acceptors (Lipinski definition) is 5. The van der Waals surface area contributed by atoms with Crippen LogP contribution in [0.1, 0.15) is 36.5 Å². The molecule has 5 aromatic rings. The average molecular weight is 520 g/mol. The molecule has 1 aliphatic rings. The number of ether oxygens (including phenoxy) is 1. The molecule has 6 rings (SSSR count). The van der Waals surface area contributed by atoms with Gasteiger partial charge in [0.2, 0.25) is 11.7 Å². The summed E-state index contributed by atoms with van der Waals surface area (Å²) in [4.78, 5) is 13.2. The van der Waals surface area contributed by atoms with E-state index in [1.54, 1.807) is 18.2 Å². The lowest BCUT2D eigenvalue weighted by Gasteiger charge is -2.26. The normalized spacial score (nSPS) is 15.4. The van der Waals surface area contributed by atoms with Gasteiger partial charge in [0.15, 0.2) is 0 Å². The summed E-state index contributed by atoms with van der Waals surface area (Å²) >= 11 is 0. The van der Waals surface area contributed by atoms with Gasteiger partial charge in [-0.15, -0.1) is 10.2 Å². The monoisotopic (exact) mass is 519 g/mol. The topological polar surface area (TPSA) is 92.8 Å². The molecule has 7 nitrogen and oxygen atoms in total. The Bertz CT molecular complexity index is 1650. The summed E-state index contributed by atoms with van der Waals surface area (Å²) in [6.45, 7) is 4.09. The maximum atomic E-state index is 14.3. The molecular weight excluding hydrogens is 493 g/mol. The van der Waals surface area contributed by atoms with E-state index >= 15 is 0 Å². The number of halogens is 1. The summed E-state index contributed by atoms with van der Waals surface area (Å²) in [6, 6.07) is 28.2. The average Bonchev–Trinajstić information content (AvgIpc) is 3.56. The van der Waals surface area contributed by atoms with Crippen LogP contribution in [0.15, 0.2) is 91.0 Å². The fourth-order valence-electron chi connectivity index (χ4n) is 5.37.